The Morgan fingerprint density at radius 2 is 2.00 bits per heavy atom. The molecule has 0 heterocycles. The second kappa shape index (κ2) is 4.51. The minimum atomic E-state index is 0.293. The van der Waals surface area contributed by atoms with E-state index < -0.39 is 0 Å². The molecule has 0 aromatic carbocycles. The van der Waals surface area contributed by atoms with Crippen LogP contribution >= 0.6 is 0 Å². The van der Waals surface area contributed by atoms with Gasteiger partial charge in [-0.15, -0.1) is 6.58 Å². The lowest BCUT2D eigenvalue weighted by molar-refractivity contribution is 0.0744. The number of ether oxygens (including phenoxy) is 1. The molecule has 0 saturated carbocycles. The standard InChI is InChI=1S/C9H18O/c1-5-6-7-10-8-9(2,3)4/h5H,1,6-8H2,2-4H3. The Labute approximate surface area is 64.1 Å². The zero-order valence-electron chi connectivity index (χ0n) is 7.31. The van der Waals surface area contributed by atoms with Crippen LogP contribution in [0.15, 0.2) is 12.7 Å². The molecule has 1 nitrogen and oxygen atoms in total. The fourth-order valence-corrected chi connectivity index (χ4v) is 0.545. The molecule has 0 unspecified atom stereocenters. The van der Waals surface area contributed by atoms with E-state index in [1.54, 1.807) is 0 Å². The van der Waals surface area contributed by atoms with Gasteiger partial charge < -0.3 is 4.74 Å². The minimum Gasteiger partial charge on any atom is -0.381 e. The van der Waals surface area contributed by atoms with Crippen LogP contribution in [-0.4, -0.2) is 13.2 Å². The molecule has 0 fully saturated rings. The van der Waals surface area contributed by atoms with Gasteiger partial charge in [0.2, 0.25) is 0 Å². The van der Waals surface area contributed by atoms with Gasteiger partial charge in [0.25, 0.3) is 0 Å². The highest BCUT2D eigenvalue weighted by molar-refractivity contribution is 4.65. The quantitative estimate of drug-likeness (QED) is 0.433. The van der Waals surface area contributed by atoms with Crippen molar-refractivity contribution in [3.05, 3.63) is 12.7 Å². The molecule has 0 aliphatic rings. The summed E-state index contributed by atoms with van der Waals surface area (Å²) in [6.07, 6.45) is 2.83. The van der Waals surface area contributed by atoms with E-state index in [4.69, 9.17) is 4.74 Å². The maximum Gasteiger partial charge on any atom is 0.0514 e. The van der Waals surface area contributed by atoms with Gasteiger partial charge in [0, 0.05) is 0 Å². The van der Waals surface area contributed by atoms with Crippen LogP contribution in [0.1, 0.15) is 27.2 Å². The molecule has 0 aliphatic heterocycles. The van der Waals surface area contributed by atoms with Gasteiger partial charge in [-0.1, -0.05) is 26.8 Å². The smallest absolute Gasteiger partial charge is 0.0514 e. The first-order valence-corrected chi connectivity index (χ1v) is 3.75. The summed E-state index contributed by atoms with van der Waals surface area (Å²) in [5.74, 6) is 0. The molecule has 0 N–H and O–H groups in total. The summed E-state index contributed by atoms with van der Waals surface area (Å²) in [6.45, 7) is 11.8. The van der Waals surface area contributed by atoms with Crippen LogP contribution in [0.25, 0.3) is 0 Å². The second-order valence-corrected chi connectivity index (χ2v) is 3.69. The normalized spacial score (nSPS) is 11.5. The molecule has 60 valence electrons. The average molecular weight is 142 g/mol. The predicted octanol–water partition coefficient (Wildman–Crippen LogP) is 2.63. The van der Waals surface area contributed by atoms with Crippen molar-refractivity contribution in [1.29, 1.82) is 0 Å². The lowest BCUT2D eigenvalue weighted by Crippen LogP contribution is -2.14. The molecule has 0 atom stereocenters. The van der Waals surface area contributed by atoms with Crippen molar-refractivity contribution in [2.75, 3.05) is 13.2 Å². The van der Waals surface area contributed by atoms with Gasteiger partial charge in [-0.05, 0) is 11.8 Å². The summed E-state index contributed by atoms with van der Waals surface area (Å²) in [4.78, 5) is 0. The fraction of sp³-hybridized carbons (Fsp3) is 0.778. The molecule has 0 bridgehead atoms. The van der Waals surface area contributed by atoms with Crippen molar-refractivity contribution in [2.45, 2.75) is 27.2 Å². The van der Waals surface area contributed by atoms with Gasteiger partial charge in [-0.25, -0.2) is 0 Å². The first kappa shape index (κ1) is 9.70. The van der Waals surface area contributed by atoms with Gasteiger partial charge in [-0.2, -0.15) is 0 Å². The molecule has 0 aromatic rings. The molecule has 0 radical (unpaired) electrons. The van der Waals surface area contributed by atoms with Gasteiger partial charge in [0.15, 0.2) is 0 Å². The van der Waals surface area contributed by atoms with E-state index in [1.807, 2.05) is 6.08 Å². The summed E-state index contributed by atoms with van der Waals surface area (Å²) >= 11 is 0. The van der Waals surface area contributed by atoms with E-state index in [0.29, 0.717) is 5.41 Å². The first-order chi connectivity index (χ1) is 4.56. The van der Waals surface area contributed by atoms with Crippen LogP contribution in [0.4, 0.5) is 0 Å². The third-order valence-corrected chi connectivity index (χ3v) is 1.00. The molecule has 0 saturated heterocycles. The number of hydrogen-bond donors (Lipinski definition) is 0. The Morgan fingerprint density at radius 1 is 1.40 bits per heavy atom. The van der Waals surface area contributed by atoms with Crippen molar-refractivity contribution in [3.8, 4) is 0 Å². The van der Waals surface area contributed by atoms with Crippen LogP contribution < -0.4 is 0 Å². The Hall–Kier alpha value is -0.300. The zero-order valence-corrected chi connectivity index (χ0v) is 7.31. The topological polar surface area (TPSA) is 9.23 Å². The monoisotopic (exact) mass is 142 g/mol. The summed E-state index contributed by atoms with van der Waals surface area (Å²) in [6, 6.07) is 0. The van der Waals surface area contributed by atoms with Crippen LogP contribution in [0.3, 0.4) is 0 Å². The Morgan fingerprint density at radius 3 is 2.40 bits per heavy atom. The van der Waals surface area contributed by atoms with Crippen LogP contribution in [-0.2, 0) is 4.74 Å². The van der Waals surface area contributed by atoms with E-state index in [-0.39, 0.29) is 0 Å². The highest BCUT2D eigenvalue weighted by Crippen LogP contribution is 2.12. The van der Waals surface area contributed by atoms with E-state index in [0.717, 1.165) is 19.6 Å². The molecule has 0 rings (SSSR count). The lowest BCUT2D eigenvalue weighted by Gasteiger charge is -2.17. The SMILES string of the molecule is C=CCCOCC(C)(C)C. The molecule has 0 spiro atoms. The summed E-state index contributed by atoms with van der Waals surface area (Å²) in [7, 11) is 0. The molecule has 1 heteroatoms. The van der Waals surface area contributed by atoms with Crippen molar-refractivity contribution in [3.63, 3.8) is 0 Å². The van der Waals surface area contributed by atoms with E-state index in [1.165, 1.54) is 0 Å². The van der Waals surface area contributed by atoms with Crippen LogP contribution in [0, 0.1) is 5.41 Å². The van der Waals surface area contributed by atoms with Crippen molar-refractivity contribution in [1.82, 2.24) is 0 Å². The molecular formula is C9H18O. The summed E-state index contributed by atoms with van der Waals surface area (Å²) in [5, 5.41) is 0. The van der Waals surface area contributed by atoms with Gasteiger partial charge in [-0.3, -0.25) is 0 Å². The third kappa shape index (κ3) is 7.70. The van der Waals surface area contributed by atoms with Gasteiger partial charge in [0.1, 0.15) is 0 Å². The number of rotatable bonds is 4. The van der Waals surface area contributed by atoms with Crippen molar-refractivity contribution in [2.24, 2.45) is 5.41 Å². The van der Waals surface area contributed by atoms with Gasteiger partial charge in [0.05, 0.1) is 13.2 Å². The number of hydrogen-bond acceptors (Lipinski definition) is 1. The highest BCUT2D eigenvalue weighted by Gasteiger charge is 2.08. The molecule has 0 aliphatic carbocycles. The maximum atomic E-state index is 5.37. The maximum absolute atomic E-state index is 5.37. The van der Waals surface area contributed by atoms with Gasteiger partial charge >= 0.3 is 0 Å². The fourth-order valence-electron chi connectivity index (χ4n) is 0.545. The van der Waals surface area contributed by atoms with Crippen molar-refractivity contribution < 1.29 is 4.74 Å². The zero-order chi connectivity index (χ0) is 8.04. The Bertz CT molecular complexity index is 89.4. The second-order valence-electron chi connectivity index (χ2n) is 3.69. The van der Waals surface area contributed by atoms with Crippen LogP contribution in [0.5, 0.6) is 0 Å². The molecule has 0 aromatic heterocycles. The minimum absolute atomic E-state index is 0.293. The molecule has 0 amide bonds. The highest BCUT2D eigenvalue weighted by atomic mass is 16.5. The van der Waals surface area contributed by atoms with E-state index in [9.17, 15) is 0 Å². The van der Waals surface area contributed by atoms with Crippen LogP contribution in [0.2, 0.25) is 0 Å². The van der Waals surface area contributed by atoms with E-state index in [2.05, 4.69) is 27.4 Å². The largest absolute Gasteiger partial charge is 0.381 e. The Balaban J connectivity index is 3.12. The lowest BCUT2D eigenvalue weighted by atomic mass is 9.99. The average Bonchev–Trinajstić information content (AvgIpc) is 1.78. The third-order valence-electron chi connectivity index (χ3n) is 1.00. The molecular weight excluding hydrogens is 124 g/mol. The van der Waals surface area contributed by atoms with Crippen molar-refractivity contribution >= 4 is 0 Å². The van der Waals surface area contributed by atoms with E-state index >= 15 is 0 Å². The summed E-state index contributed by atoms with van der Waals surface area (Å²) in [5.41, 5.74) is 0.293. The summed E-state index contributed by atoms with van der Waals surface area (Å²) < 4.78 is 5.37. The molecule has 10 heavy (non-hydrogen) atoms. The Kier molecular flexibility index (Phi) is 4.37. The predicted molar refractivity (Wildman–Crippen MR) is 45.1 cm³/mol. The first-order valence-electron chi connectivity index (χ1n) is 3.75.